The van der Waals surface area contributed by atoms with Crippen LogP contribution in [0.2, 0.25) is 0 Å². The van der Waals surface area contributed by atoms with E-state index in [0.717, 1.165) is 19.0 Å². The maximum Gasteiger partial charge on any atom is 0.305 e. The van der Waals surface area contributed by atoms with Crippen molar-refractivity contribution in [2.24, 2.45) is 5.92 Å². The van der Waals surface area contributed by atoms with Crippen LogP contribution in [-0.2, 0) is 37.7 Å². The molecule has 0 radical (unpaired) electrons. The summed E-state index contributed by atoms with van der Waals surface area (Å²) in [6.45, 7) is 5.86. The summed E-state index contributed by atoms with van der Waals surface area (Å²) in [6, 6.07) is -5.15. The van der Waals surface area contributed by atoms with Gasteiger partial charge in [-0.1, -0.05) is 13.8 Å². The van der Waals surface area contributed by atoms with Crippen molar-refractivity contribution >= 4 is 53.6 Å². The van der Waals surface area contributed by atoms with E-state index in [-0.39, 0.29) is 0 Å². The molecule has 0 bridgehead atoms. The average molecular weight is 549 g/mol. The number of nitrogens with one attached hydrogen (secondary N) is 4. The Balaban J connectivity index is 3.05. The van der Waals surface area contributed by atoms with E-state index in [1.165, 1.54) is 0 Å². The van der Waals surface area contributed by atoms with Crippen molar-refractivity contribution in [3.63, 3.8) is 0 Å². The Hall–Kier alpha value is -3.40. The lowest BCUT2D eigenvalue weighted by molar-refractivity contribution is -0.141. The molecule has 0 aliphatic carbocycles. The van der Waals surface area contributed by atoms with Gasteiger partial charge in [0.25, 0.3) is 0 Å². The fraction of sp³-hybridized carbons (Fsp3) is 0.667. The molecule has 208 valence electrons. The van der Waals surface area contributed by atoms with Gasteiger partial charge in [0.2, 0.25) is 23.6 Å². The molecule has 1 heterocycles. The standard InChI is InChI=1S/C21H32N4O11S/c1-9(2)17(20(35)24-13(8-16(31)32)21(4)36-37-21)25-18(33)11(5-6-14(27)28)23-19(34)12(7-15(29)30)22-10(3)26/h9,11-13,17H,5-8H2,1-4H3,(H,22,26)(H,23,34)(H,24,35)(H,25,33)(H,27,28)(H,29,30)(H,31,32)/t11-,12-,13-,17-,21+/m0/s1. The zero-order valence-electron chi connectivity index (χ0n) is 20.7. The van der Waals surface area contributed by atoms with Gasteiger partial charge in [0.05, 0.1) is 18.9 Å². The zero-order valence-corrected chi connectivity index (χ0v) is 21.5. The van der Waals surface area contributed by atoms with Crippen molar-refractivity contribution in [1.29, 1.82) is 0 Å². The highest BCUT2D eigenvalue weighted by atomic mass is 32.2. The van der Waals surface area contributed by atoms with E-state index in [1.54, 1.807) is 20.8 Å². The number of hydrogen-bond acceptors (Lipinski definition) is 9. The molecule has 37 heavy (non-hydrogen) atoms. The van der Waals surface area contributed by atoms with Gasteiger partial charge in [-0.15, -0.1) is 0 Å². The number of hydrogen-bond donors (Lipinski definition) is 7. The van der Waals surface area contributed by atoms with E-state index < -0.39 is 102 Å². The molecule has 1 aliphatic heterocycles. The van der Waals surface area contributed by atoms with Crippen LogP contribution in [0, 0.1) is 5.92 Å². The fourth-order valence-corrected chi connectivity index (χ4v) is 3.72. The van der Waals surface area contributed by atoms with Crippen molar-refractivity contribution in [2.45, 2.75) is 82.5 Å². The van der Waals surface area contributed by atoms with Crippen molar-refractivity contribution < 1.29 is 53.1 Å². The third-order valence-electron chi connectivity index (χ3n) is 5.27. The predicted molar refractivity (Wildman–Crippen MR) is 127 cm³/mol. The maximum absolute atomic E-state index is 13.0. The van der Waals surface area contributed by atoms with Crippen LogP contribution in [0.15, 0.2) is 0 Å². The Morgan fingerprint density at radius 1 is 0.784 bits per heavy atom. The molecule has 0 spiro atoms. The van der Waals surface area contributed by atoms with Gasteiger partial charge in [-0.2, -0.15) is 0 Å². The highest BCUT2D eigenvalue weighted by Gasteiger charge is 2.51. The molecule has 1 saturated heterocycles. The van der Waals surface area contributed by atoms with Gasteiger partial charge >= 0.3 is 17.9 Å². The Kier molecular flexibility index (Phi) is 11.8. The summed E-state index contributed by atoms with van der Waals surface area (Å²) >= 11 is 0.988. The summed E-state index contributed by atoms with van der Waals surface area (Å²) in [4.78, 5) is 82.4. The minimum atomic E-state index is -1.53. The summed E-state index contributed by atoms with van der Waals surface area (Å²) in [6.07, 6.45) is -2.18. The van der Waals surface area contributed by atoms with Crippen molar-refractivity contribution in [1.82, 2.24) is 21.3 Å². The fourth-order valence-electron chi connectivity index (χ4n) is 3.21. The van der Waals surface area contributed by atoms with E-state index in [2.05, 4.69) is 21.3 Å². The zero-order chi connectivity index (χ0) is 28.5. The van der Waals surface area contributed by atoms with Crippen LogP contribution in [0.3, 0.4) is 0 Å². The molecule has 0 aromatic carbocycles. The first-order valence-corrected chi connectivity index (χ1v) is 12.0. The molecule has 7 N–H and O–H groups in total. The molecule has 0 unspecified atom stereocenters. The summed E-state index contributed by atoms with van der Waals surface area (Å²) in [5, 5.41) is 36.6. The monoisotopic (exact) mass is 548 g/mol. The van der Waals surface area contributed by atoms with Crippen LogP contribution >= 0.6 is 12.0 Å². The summed E-state index contributed by atoms with van der Waals surface area (Å²) < 4.78 is 5.17. The van der Waals surface area contributed by atoms with Gasteiger partial charge in [0.15, 0.2) is 4.93 Å². The molecule has 5 atom stereocenters. The number of carbonyl (C=O) groups excluding carboxylic acids is 4. The maximum atomic E-state index is 13.0. The second kappa shape index (κ2) is 13.8. The molecule has 1 aliphatic rings. The van der Waals surface area contributed by atoms with Crippen LogP contribution in [-0.4, -0.2) is 86.0 Å². The lowest BCUT2D eigenvalue weighted by atomic mass is 10.00. The third-order valence-corrected chi connectivity index (χ3v) is 6.25. The van der Waals surface area contributed by atoms with Gasteiger partial charge in [0, 0.05) is 25.4 Å². The molecule has 1 rings (SSSR count). The Bertz CT molecular complexity index is 906. The minimum absolute atomic E-state index is 0.399. The Morgan fingerprint density at radius 2 is 1.32 bits per heavy atom. The molecular weight excluding hydrogens is 516 g/mol. The summed E-state index contributed by atoms with van der Waals surface area (Å²) in [5.41, 5.74) is 0. The van der Waals surface area contributed by atoms with E-state index >= 15 is 0 Å². The average Bonchev–Trinajstić information content (AvgIpc) is 3.50. The van der Waals surface area contributed by atoms with Crippen molar-refractivity contribution in [3.8, 4) is 0 Å². The van der Waals surface area contributed by atoms with Crippen LogP contribution in [0.4, 0.5) is 0 Å². The highest BCUT2D eigenvalue weighted by Crippen LogP contribution is 2.50. The van der Waals surface area contributed by atoms with E-state index in [4.69, 9.17) is 19.5 Å². The first-order chi connectivity index (χ1) is 17.1. The van der Waals surface area contributed by atoms with Crippen LogP contribution < -0.4 is 21.3 Å². The first kappa shape index (κ1) is 31.6. The van der Waals surface area contributed by atoms with Crippen molar-refractivity contribution in [2.75, 3.05) is 0 Å². The van der Waals surface area contributed by atoms with Gasteiger partial charge in [-0.05, 0) is 19.3 Å². The Labute approximate surface area is 216 Å². The van der Waals surface area contributed by atoms with E-state index in [1.807, 2.05) is 0 Å². The molecule has 0 aromatic heterocycles. The minimum Gasteiger partial charge on any atom is -0.481 e. The molecule has 4 amide bonds. The number of carboxylic acid groups (broad SMARTS) is 3. The smallest absolute Gasteiger partial charge is 0.305 e. The Morgan fingerprint density at radius 3 is 1.76 bits per heavy atom. The second-order valence-corrected chi connectivity index (χ2v) is 10.1. The normalized spacial score (nSPS) is 19.5. The van der Waals surface area contributed by atoms with Crippen LogP contribution in [0.5, 0.6) is 0 Å². The number of amides is 4. The first-order valence-electron chi connectivity index (χ1n) is 11.3. The third kappa shape index (κ3) is 11.0. The molecule has 0 saturated carbocycles. The van der Waals surface area contributed by atoms with Crippen LogP contribution in [0.25, 0.3) is 0 Å². The summed E-state index contributed by atoms with van der Waals surface area (Å²) in [7, 11) is 0. The lowest BCUT2D eigenvalue weighted by Crippen LogP contribution is -2.59. The van der Waals surface area contributed by atoms with Crippen molar-refractivity contribution in [3.05, 3.63) is 0 Å². The SMILES string of the molecule is CC(=O)N[C@@H](CC(=O)O)C(=O)N[C@@H](CCC(=O)O)C(=O)N[C@H](C(=O)N[C@@H](CC(=O)O)[C@]1(C)OS1)C(C)C. The number of carboxylic acids is 3. The molecule has 15 nitrogen and oxygen atoms in total. The van der Waals surface area contributed by atoms with Gasteiger partial charge in [0.1, 0.15) is 18.1 Å². The summed E-state index contributed by atoms with van der Waals surface area (Å²) in [5.74, 6) is -7.77. The molecule has 16 heteroatoms. The predicted octanol–water partition coefficient (Wildman–Crippen LogP) is -1.19. The van der Waals surface area contributed by atoms with E-state index in [9.17, 15) is 33.6 Å². The van der Waals surface area contributed by atoms with E-state index in [0.29, 0.717) is 0 Å². The molecular formula is C21H32N4O11S. The second-order valence-electron chi connectivity index (χ2n) is 8.92. The highest BCUT2D eigenvalue weighted by molar-refractivity contribution is 8.01. The number of rotatable bonds is 16. The lowest BCUT2D eigenvalue weighted by Gasteiger charge is -2.28. The topological polar surface area (TPSA) is 241 Å². The van der Waals surface area contributed by atoms with Gasteiger partial charge < -0.3 is 36.6 Å². The van der Waals surface area contributed by atoms with Crippen LogP contribution in [0.1, 0.15) is 53.4 Å². The molecule has 1 fully saturated rings. The largest absolute Gasteiger partial charge is 0.481 e. The number of carbonyl (C=O) groups is 7. The van der Waals surface area contributed by atoms with Gasteiger partial charge in [-0.25, -0.2) is 0 Å². The van der Waals surface area contributed by atoms with Gasteiger partial charge in [-0.3, -0.25) is 37.7 Å². The molecule has 0 aromatic rings. The number of aliphatic carboxylic acids is 3. The quantitative estimate of drug-likeness (QED) is 0.0889.